The molecule has 2 N–H and O–H groups in total. The van der Waals surface area contributed by atoms with E-state index in [9.17, 15) is 10.2 Å². The minimum Gasteiger partial charge on any atom is -0.385 e. The second-order valence-electron chi connectivity index (χ2n) is 3.64. The summed E-state index contributed by atoms with van der Waals surface area (Å²) in [6.45, 7) is 0. The van der Waals surface area contributed by atoms with Gasteiger partial charge in [-0.05, 0) is 19.3 Å². The van der Waals surface area contributed by atoms with Gasteiger partial charge in [-0.25, -0.2) is 0 Å². The quantitative estimate of drug-likeness (QED) is 0.454. The van der Waals surface area contributed by atoms with Gasteiger partial charge in [-0.1, -0.05) is 30.9 Å². The molecule has 1 aliphatic carbocycles. The molecule has 14 heavy (non-hydrogen) atoms. The summed E-state index contributed by atoms with van der Waals surface area (Å²) >= 11 is 0. The van der Waals surface area contributed by atoms with Crippen LogP contribution in [0, 0.1) is 11.8 Å². The molecule has 0 fully saturated rings. The third-order valence-corrected chi connectivity index (χ3v) is 2.33. The second kappa shape index (κ2) is 6.64. The van der Waals surface area contributed by atoms with Crippen LogP contribution in [-0.4, -0.2) is 22.4 Å². The molecule has 0 heterocycles. The fourth-order valence-electron chi connectivity index (χ4n) is 1.43. The highest BCUT2D eigenvalue weighted by Crippen LogP contribution is 2.07. The summed E-state index contributed by atoms with van der Waals surface area (Å²) in [4.78, 5) is 0. The van der Waals surface area contributed by atoms with E-state index in [1.165, 1.54) is 12.8 Å². The molecule has 0 aliphatic heterocycles. The number of rotatable bonds is 0. The van der Waals surface area contributed by atoms with Crippen molar-refractivity contribution in [1.29, 1.82) is 0 Å². The zero-order valence-electron chi connectivity index (χ0n) is 8.45. The molecule has 0 bridgehead atoms. The predicted molar refractivity (Wildman–Crippen MR) is 56.6 cm³/mol. The molecule has 2 atom stereocenters. The Morgan fingerprint density at radius 3 is 2.71 bits per heavy atom. The first-order chi connectivity index (χ1) is 6.80. The standard InChI is InChI=1S/C12H18O2/c13-11-9-7-5-3-1-2-4-6-8-10-12(11)14/h7,9,11-14H,1-6H2/b9-7+. The van der Waals surface area contributed by atoms with Crippen molar-refractivity contribution in [1.82, 2.24) is 0 Å². The van der Waals surface area contributed by atoms with Gasteiger partial charge in [-0.3, -0.25) is 0 Å². The molecule has 0 aromatic rings. The van der Waals surface area contributed by atoms with Gasteiger partial charge in [0.15, 0.2) is 0 Å². The Labute approximate surface area is 85.6 Å². The molecule has 2 heteroatoms. The average molecular weight is 194 g/mol. The molecule has 0 saturated carbocycles. The van der Waals surface area contributed by atoms with Crippen molar-refractivity contribution in [3.63, 3.8) is 0 Å². The van der Waals surface area contributed by atoms with Crippen molar-refractivity contribution in [3.8, 4) is 11.8 Å². The first-order valence-corrected chi connectivity index (χ1v) is 5.32. The first-order valence-electron chi connectivity index (χ1n) is 5.32. The number of allylic oxidation sites excluding steroid dienone is 1. The highest BCUT2D eigenvalue weighted by atomic mass is 16.3. The van der Waals surface area contributed by atoms with Crippen LogP contribution in [0.25, 0.3) is 0 Å². The van der Waals surface area contributed by atoms with Crippen LogP contribution in [0.2, 0.25) is 0 Å². The minimum atomic E-state index is -0.925. The molecule has 2 unspecified atom stereocenters. The van der Waals surface area contributed by atoms with E-state index in [-0.39, 0.29) is 0 Å². The summed E-state index contributed by atoms with van der Waals surface area (Å²) < 4.78 is 0. The van der Waals surface area contributed by atoms with Crippen LogP contribution in [0.4, 0.5) is 0 Å². The summed E-state index contributed by atoms with van der Waals surface area (Å²) in [6, 6.07) is 0. The van der Waals surface area contributed by atoms with Gasteiger partial charge in [0.25, 0.3) is 0 Å². The molecule has 1 rings (SSSR count). The zero-order chi connectivity index (χ0) is 10.2. The summed E-state index contributed by atoms with van der Waals surface area (Å²) in [5, 5.41) is 18.8. The van der Waals surface area contributed by atoms with Crippen LogP contribution in [0.1, 0.15) is 38.5 Å². The molecule has 0 spiro atoms. The maximum atomic E-state index is 9.42. The Kier molecular flexibility index (Phi) is 5.36. The van der Waals surface area contributed by atoms with E-state index in [1.54, 1.807) is 6.08 Å². The van der Waals surface area contributed by atoms with Gasteiger partial charge in [0.1, 0.15) is 12.2 Å². The summed E-state index contributed by atoms with van der Waals surface area (Å²) in [5.74, 6) is 5.54. The summed E-state index contributed by atoms with van der Waals surface area (Å²) in [7, 11) is 0. The van der Waals surface area contributed by atoms with Gasteiger partial charge in [0.05, 0.1) is 0 Å². The van der Waals surface area contributed by atoms with Gasteiger partial charge in [0, 0.05) is 6.42 Å². The topological polar surface area (TPSA) is 40.5 Å². The van der Waals surface area contributed by atoms with E-state index < -0.39 is 12.2 Å². The van der Waals surface area contributed by atoms with Crippen molar-refractivity contribution in [2.75, 3.05) is 0 Å². The van der Waals surface area contributed by atoms with Gasteiger partial charge >= 0.3 is 0 Å². The first kappa shape index (κ1) is 11.3. The highest BCUT2D eigenvalue weighted by Gasteiger charge is 2.08. The SMILES string of the molecule is OC1C#CCCCCCC/C=C/C1O. The fraction of sp³-hybridized carbons (Fsp3) is 0.667. The van der Waals surface area contributed by atoms with Crippen molar-refractivity contribution < 1.29 is 10.2 Å². The Balaban J connectivity index is 2.50. The van der Waals surface area contributed by atoms with E-state index in [1.807, 2.05) is 6.08 Å². The van der Waals surface area contributed by atoms with Gasteiger partial charge in [-0.2, -0.15) is 0 Å². The van der Waals surface area contributed by atoms with Crippen molar-refractivity contribution >= 4 is 0 Å². The van der Waals surface area contributed by atoms with Crippen LogP contribution in [0.3, 0.4) is 0 Å². The molecule has 0 radical (unpaired) electrons. The predicted octanol–water partition coefficient (Wildman–Crippen LogP) is 1.62. The van der Waals surface area contributed by atoms with Crippen LogP contribution in [-0.2, 0) is 0 Å². The Morgan fingerprint density at radius 2 is 1.86 bits per heavy atom. The van der Waals surface area contributed by atoms with Crippen LogP contribution in [0.15, 0.2) is 12.2 Å². The lowest BCUT2D eigenvalue weighted by molar-refractivity contribution is 0.0867. The van der Waals surface area contributed by atoms with E-state index in [2.05, 4.69) is 11.8 Å². The van der Waals surface area contributed by atoms with Gasteiger partial charge in [-0.15, -0.1) is 5.92 Å². The normalized spacial score (nSPS) is 31.9. The second-order valence-corrected chi connectivity index (χ2v) is 3.64. The van der Waals surface area contributed by atoms with Gasteiger partial charge in [0.2, 0.25) is 0 Å². The molecular formula is C12H18O2. The maximum absolute atomic E-state index is 9.42. The zero-order valence-corrected chi connectivity index (χ0v) is 8.45. The monoisotopic (exact) mass is 194 g/mol. The minimum absolute atomic E-state index is 0.827. The third kappa shape index (κ3) is 4.45. The molecule has 0 aromatic heterocycles. The van der Waals surface area contributed by atoms with E-state index >= 15 is 0 Å². The van der Waals surface area contributed by atoms with E-state index in [0.29, 0.717) is 0 Å². The molecule has 0 amide bonds. The fourth-order valence-corrected chi connectivity index (χ4v) is 1.43. The summed E-state index contributed by atoms with van der Waals surface area (Å²) in [5.41, 5.74) is 0. The largest absolute Gasteiger partial charge is 0.385 e. The van der Waals surface area contributed by atoms with Crippen molar-refractivity contribution in [2.45, 2.75) is 50.7 Å². The third-order valence-electron chi connectivity index (χ3n) is 2.33. The number of aliphatic hydroxyl groups excluding tert-OH is 2. The number of aliphatic hydroxyl groups is 2. The van der Waals surface area contributed by atoms with Crippen molar-refractivity contribution in [3.05, 3.63) is 12.2 Å². The molecular weight excluding hydrogens is 176 g/mol. The maximum Gasteiger partial charge on any atom is 0.144 e. The van der Waals surface area contributed by atoms with Crippen LogP contribution < -0.4 is 0 Å². The highest BCUT2D eigenvalue weighted by molar-refractivity contribution is 5.10. The van der Waals surface area contributed by atoms with Crippen LogP contribution >= 0.6 is 0 Å². The van der Waals surface area contributed by atoms with Gasteiger partial charge < -0.3 is 10.2 Å². The number of hydrogen-bond acceptors (Lipinski definition) is 2. The lowest BCUT2D eigenvalue weighted by atomic mass is 10.1. The molecule has 0 aromatic carbocycles. The van der Waals surface area contributed by atoms with Crippen LogP contribution in [0.5, 0.6) is 0 Å². The molecule has 2 nitrogen and oxygen atoms in total. The van der Waals surface area contributed by atoms with E-state index in [0.717, 1.165) is 25.7 Å². The lowest BCUT2D eigenvalue weighted by Crippen LogP contribution is -2.21. The summed E-state index contributed by atoms with van der Waals surface area (Å²) in [6.07, 6.45) is 8.31. The average Bonchev–Trinajstić information content (AvgIpc) is 2.18. The Hall–Kier alpha value is -0.780. The van der Waals surface area contributed by atoms with E-state index in [4.69, 9.17) is 0 Å². The molecule has 78 valence electrons. The lowest BCUT2D eigenvalue weighted by Gasteiger charge is -2.08. The molecule has 0 saturated heterocycles. The Morgan fingerprint density at radius 1 is 1.07 bits per heavy atom. The van der Waals surface area contributed by atoms with Crippen molar-refractivity contribution in [2.24, 2.45) is 0 Å². The smallest absolute Gasteiger partial charge is 0.144 e. The Bertz CT molecular complexity index is 234. The molecule has 1 aliphatic rings. The number of hydrogen-bond donors (Lipinski definition) is 2.